The average Bonchev–Trinajstić information content (AvgIpc) is 2.75. The van der Waals surface area contributed by atoms with Crippen molar-refractivity contribution >= 4 is 33.2 Å². The Morgan fingerprint density at radius 3 is 2.35 bits per heavy atom. The van der Waals surface area contributed by atoms with Crippen molar-refractivity contribution in [3.63, 3.8) is 0 Å². The summed E-state index contributed by atoms with van der Waals surface area (Å²) in [7, 11) is -3.78. The summed E-state index contributed by atoms with van der Waals surface area (Å²) in [5.74, 6) is 0.460. The first-order valence-corrected chi connectivity index (χ1v) is 12.3. The maximum atomic E-state index is 13.7. The second-order valence-corrected chi connectivity index (χ2v) is 11.5. The second-order valence-electron chi connectivity index (χ2n) is 8.81. The highest BCUT2D eigenvalue weighted by molar-refractivity contribution is 7.92. The Bertz CT molecular complexity index is 1020. The van der Waals surface area contributed by atoms with Crippen LogP contribution in [0.4, 0.5) is 5.82 Å². The van der Waals surface area contributed by atoms with E-state index in [2.05, 4.69) is 4.98 Å². The normalized spacial score (nSPS) is 19.8. The number of pyridine rings is 1. The fourth-order valence-corrected chi connectivity index (χ4v) is 5.99. The number of benzene rings is 1. The summed E-state index contributed by atoms with van der Waals surface area (Å²) in [6.45, 7) is 8.52. The summed E-state index contributed by atoms with van der Waals surface area (Å²) < 4.78 is 31.9. The van der Waals surface area contributed by atoms with Crippen molar-refractivity contribution in [1.29, 1.82) is 0 Å². The SMILES string of the molecule is CCN(C(=O)C(C)(C)C)c1ccc(C2(S(=O)(=O)c3ccc(Cl)cc3)CCCOC2)cn1. The number of nitrogens with zero attached hydrogens (tertiary/aromatic N) is 2. The molecule has 0 N–H and O–H groups in total. The zero-order valence-corrected chi connectivity index (χ0v) is 20.0. The molecule has 8 heteroatoms. The van der Waals surface area contributed by atoms with Gasteiger partial charge < -0.3 is 4.74 Å². The molecule has 3 rings (SSSR count). The Kier molecular flexibility index (Phi) is 6.79. The molecule has 1 aliphatic rings. The van der Waals surface area contributed by atoms with Crippen LogP contribution < -0.4 is 4.90 Å². The zero-order chi connectivity index (χ0) is 22.9. The molecule has 0 saturated carbocycles. The zero-order valence-electron chi connectivity index (χ0n) is 18.4. The van der Waals surface area contributed by atoms with Gasteiger partial charge in [-0.1, -0.05) is 38.4 Å². The predicted molar refractivity (Wildman–Crippen MR) is 122 cm³/mol. The van der Waals surface area contributed by atoms with Gasteiger partial charge in [-0.3, -0.25) is 9.69 Å². The van der Waals surface area contributed by atoms with Crippen LogP contribution in [0, 0.1) is 5.41 Å². The van der Waals surface area contributed by atoms with Gasteiger partial charge in [-0.25, -0.2) is 13.4 Å². The van der Waals surface area contributed by atoms with Gasteiger partial charge >= 0.3 is 0 Å². The summed E-state index contributed by atoms with van der Waals surface area (Å²) in [4.78, 5) is 19.1. The molecule has 1 amide bonds. The Morgan fingerprint density at radius 1 is 1.19 bits per heavy atom. The van der Waals surface area contributed by atoms with E-state index < -0.39 is 20.0 Å². The summed E-state index contributed by atoms with van der Waals surface area (Å²) in [6, 6.07) is 9.67. The first kappa shape index (κ1) is 23.7. The molecule has 1 unspecified atom stereocenters. The molecule has 2 heterocycles. The maximum absolute atomic E-state index is 13.7. The van der Waals surface area contributed by atoms with Crippen LogP contribution in [0.5, 0.6) is 0 Å². The fourth-order valence-electron chi connectivity index (χ4n) is 3.83. The minimum absolute atomic E-state index is 0.0419. The largest absolute Gasteiger partial charge is 0.379 e. The van der Waals surface area contributed by atoms with Crippen molar-refractivity contribution in [2.45, 2.75) is 50.2 Å². The van der Waals surface area contributed by atoms with E-state index >= 15 is 0 Å². The number of carbonyl (C=O) groups is 1. The molecule has 1 saturated heterocycles. The molecular formula is C23H29ClN2O4S. The Morgan fingerprint density at radius 2 is 1.87 bits per heavy atom. The van der Waals surface area contributed by atoms with Crippen LogP contribution in [0.3, 0.4) is 0 Å². The van der Waals surface area contributed by atoms with Gasteiger partial charge in [0, 0.05) is 29.8 Å². The van der Waals surface area contributed by atoms with E-state index in [9.17, 15) is 13.2 Å². The van der Waals surface area contributed by atoms with Crippen LogP contribution in [0.25, 0.3) is 0 Å². The number of hydrogen-bond donors (Lipinski definition) is 0. The maximum Gasteiger partial charge on any atom is 0.233 e. The third-order valence-electron chi connectivity index (χ3n) is 5.60. The van der Waals surface area contributed by atoms with Crippen molar-refractivity contribution in [2.75, 3.05) is 24.7 Å². The predicted octanol–water partition coefficient (Wildman–Crippen LogP) is 4.61. The van der Waals surface area contributed by atoms with Crippen LogP contribution >= 0.6 is 11.6 Å². The molecule has 2 aromatic rings. The smallest absolute Gasteiger partial charge is 0.233 e. The number of sulfone groups is 1. The van der Waals surface area contributed by atoms with Gasteiger partial charge in [0.15, 0.2) is 9.84 Å². The second kappa shape index (κ2) is 8.88. The third-order valence-corrected chi connectivity index (χ3v) is 8.33. The van der Waals surface area contributed by atoms with Crippen LogP contribution in [-0.4, -0.2) is 39.1 Å². The number of ether oxygens (including phenoxy) is 1. The number of hydrogen-bond acceptors (Lipinski definition) is 5. The first-order chi connectivity index (χ1) is 14.5. The number of halogens is 1. The molecular weight excluding hydrogens is 436 g/mol. The molecule has 31 heavy (non-hydrogen) atoms. The van der Waals surface area contributed by atoms with E-state index in [1.807, 2.05) is 27.7 Å². The highest BCUT2D eigenvalue weighted by Crippen LogP contribution is 2.42. The van der Waals surface area contributed by atoms with Crippen molar-refractivity contribution in [2.24, 2.45) is 5.41 Å². The molecule has 0 radical (unpaired) electrons. The van der Waals surface area contributed by atoms with Gasteiger partial charge in [-0.05, 0) is 55.7 Å². The highest BCUT2D eigenvalue weighted by Gasteiger charge is 2.48. The summed E-state index contributed by atoms with van der Waals surface area (Å²) >= 11 is 5.96. The molecule has 1 fully saturated rings. The molecule has 0 spiro atoms. The van der Waals surface area contributed by atoms with E-state index in [0.29, 0.717) is 42.4 Å². The van der Waals surface area contributed by atoms with Crippen molar-refractivity contribution in [3.8, 4) is 0 Å². The summed E-state index contributed by atoms with van der Waals surface area (Å²) in [5.41, 5.74) is 0.0114. The number of rotatable bonds is 5. The van der Waals surface area contributed by atoms with Crippen LogP contribution in [-0.2, 0) is 24.1 Å². The minimum atomic E-state index is -3.78. The Labute approximate surface area is 189 Å². The lowest BCUT2D eigenvalue weighted by Crippen LogP contribution is -2.44. The van der Waals surface area contributed by atoms with E-state index in [1.54, 1.807) is 35.4 Å². The van der Waals surface area contributed by atoms with Gasteiger partial charge in [0.1, 0.15) is 10.6 Å². The lowest BCUT2D eigenvalue weighted by Gasteiger charge is -2.37. The van der Waals surface area contributed by atoms with Crippen LogP contribution in [0.15, 0.2) is 47.5 Å². The van der Waals surface area contributed by atoms with Gasteiger partial charge in [0.05, 0.1) is 11.5 Å². The Balaban J connectivity index is 2.04. The topological polar surface area (TPSA) is 76.6 Å². The summed E-state index contributed by atoms with van der Waals surface area (Å²) in [5, 5.41) is 0.474. The molecule has 168 valence electrons. The molecule has 6 nitrogen and oxygen atoms in total. The van der Waals surface area contributed by atoms with Gasteiger partial charge in [-0.15, -0.1) is 0 Å². The number of anilines is 1. The number of amides is 1. The highest BCUT2D eigenvalue weighted by atomic mass is 35.5. The molecule has 1 aromatic heterocycles. The first-order valence-electron chi connectivity index (χ1n) is 10.4. The van der Waals surface area contributed by atoms with Crippen molar-refractivity contribution in [3.05, 3.63) is 53.2 Å². The lowest BCUT2D eigenvalue weighted by molar-refractivity contribution is -0.125. The van der Waals surface area contributed by atoms with E-state index in [4.69, 9.17) is 16.3 Å². The number of carbonyl (C=O) groups excluding carboxylic acids is 1. The quantitative estimate of drug-likeness (QED) is 0.645. The van der Waals surface area contributed by atoms with Crippen molar-refractivity contribution < 1.29 is 17.9 Å². The van der Waals surface area contributed by atoms with E-state index in [-0.39, 0.29) is 17.4 Å². The standard InChI is InChI=1S/C23H29ClN2O4S/c1-5-26(21(27)22(2,3)4)20-12-7-17(15-25-20)23(13-6-14-30-16-23)31(28,29)19-10-8-18(24)9-11-19/h7-12,15H,5-6,13-14,16H2,1-4H3. The van der Waals surface area contributed by atoms with E-state index in [1.165, 1.54) is 12.1 Å². The third kappa shape index (κ3) is 4.49. The molecule has 1 aliphatic heterocycles. The van der Waals surface area contributed by atoms with Crippen LogP contribution in [0.1, 0.15) is 46.1 Å². The molecule has 1 aromatic carbocycles. The van der Waals surface area contributed by atoms with Gasteiger partial charge in [0.25, 0.3) is 0 Å². The monoisotopic (exact) mass is 464 g/mol. The van der Waals surface area contributed by atoms with Gasteiger partial charge in [0.2, 0.25) is 5.91 Å². The van der Waals surface area contributed by atoms with Crippen molar-refractivity contribution in [1.82, 2.24) is 4.98 Å². The Hall–Kier alpha value is -1.96. The van der Waals surface area contributed by atoms with Crippen LogP contribution in [0.2, 0.25) is 5.02 Å². The van der Waals surface area contributed by atoms with E-state index in [0.717, 1.165) is 0 Å². The lowest BCUT2D eigenvalue weighted by atomic mass is 9.93. The molecule has 1 atom stereocenters. The fraction of sp³-hybridized carbons (Fsp3) is 0.478. The number of aromatic nitrogens is 1. The molecule has 0 aliphatic carbocycles. The average molecular weight is 465 g/mol. The van der Waals surface area contributed by atoms with Gasteiger partial charge in [-0.2, -0.15) is 0 Å². The molecule has 0 bridgehead atoms. The minimum Gasteiger partial charge on any atom is -0.379 e. The summed E-state index contributed by atoms with van der Waals surface area (Å²) in [6.07, 6.45) is 2.62.